The maximum atomic E-state index is 13.8. The van der Waals surface area contributed by atoms with Gasteiger partial charge in [-0.2, -0.15) is 0 Å². The maximum Gasteiger partial charge on any atom is 0.316 e. The van der Waals surface area contributed by atoms with Gasteiger partial charge in [0, 0.05) is 16.9 Å². The van der Waals surface area contributed by atoms with Gasteiger partial charge in [0.25, 0.3) is 0 Å². The zero-order valence-corrected chi connectivity index (χ0v) is 12.6. The van der Waals surface area contributed by atoms with Crippen molar-refractivity contribution in [1.82, 2.24) is 4.98 Å². The highest BCUT2D eigenvalue weighted by Crippen LogP contribution is 2.30. The quantitative estimate of drug-likeness (QED) is 0.665. The standard InChI is InChI=1S/C14H15BrFNO2/c1-14(2,3)13(18)19-11-7-17-12-9(11)4-8(6-15)5-10(12)16/h4-5,7,17H,6H2,1-3H3. The Morgan fingerprint density at radius 2 is 2.11 bits per heavy atom. The summed E-state index contributed by atoms with van der Waals surface area (Å²) in [6, 6.07) is 3.25. The van der Waals surface area contributed by atoms with Crippen molar-refractivity contribution in [2.45, 2.75) is 26.1 Å². The average molecular weight is 328 g/mol. The number of aromatic amines is 1. The van der Waals surface area contributed by atoms with Crippen molar-refractivity contribution in [3.05, 3.63) is 29.7 Å². The van der Waals surface area contributed by atoms with E-state index in [-0.39, 0.29) is 11.8 Å². The number of hydrogen-bond donors (Lipinski definition) is 1. The summed E-state index contributed by atoms with van der Waals surface area (Å²) in [4.78, 5) is 14.7. The molecule has 1 aromatic carbocycles. The van der Waals surface area contributed by atoms with Crippen LogP contribution in [0, 0.1) is 11.2 Å². The minimum atomic E-state index is -0.602. The number of halogens is 2. The highest BCUT2D eigenvalue weighted by Gasteiger charge is 2.25. The van der Waals surface area contributed by atoms with Crippen molar-refractivity contribution in [2.75, 3.05) is 0 Å². The predicted octanol–water partition coefficient (Wildman–Crippen LogP) is 4.15. The molecule has 102 valence electrons. The zero-order chi connectivity index (χ0) is 14.2. The lowest BCUT2D eigenvalue weighted by molar-refractivity contribution is -0.142. The van der Waals surface area contributed by atoms with E-state index < -0.39 is 5.41 Å². The van der Waals surface area contributed by atoms with Crippen LogP contribution in [0.2, 0.25) is 0 Å². The van der Waals surface area contributed by atoms with Crippen LogP contribution in [-0.4, -0.2) is 11.0 Å². The second kappa shape index (κ2) is 4.96. The average Bonchev–Trinajstić information content (AvgIpc) is 2.71. The molecule has 3 nitrogen and oxygen atoms in total. The van der Waals surface area contributed by atoms with E-state index in [4.69, 9.17) is 4.74 Å². The molecule has 2 aromatic rings. The van der Waals surface area contributed by atoms with Crippen LogP contribution in [-0.2, 0) is 10.1 Å². The summed E-state index contributed by atoms with van der Waals surface area (Å²) in [5.74, 6) is -0.348. The molecule has 0 fully saturated rings. The fourth-order valence-corrected chi connectivity index (χ4v) is 1.96. The molecule has 0 saturated carbocycles. The molecule has 0 aliphatic heterocycles. The molecule has 0 unspecified atom stereocenters. The number of esters is 1. The smallest absolute Gasteiger partial charge is 0.316 e. The number of aromatic nitrogens is 1. The molecule has 1 aromatic heterocycles. The van der Waals surface area contributed by atoms with Gasteiger partial charge >= 0.3 is 5.97 Å². The van der Waals surface area contributed by atoms with E-state index in [1.165, 1.54) is 12.3 Å². The largest absolute Gasteiger partial charge is 0.424 e. The fourth-order valence-electron chi connectivity index (χ4n) is 1.63. The molecule has 0 amide bonds. The van der Waals surface area contributed by atoms with Gasteiger partial charge in [0.15, 0.2) is 5.75 Å². The minimum Gasteiger partial charge on any atom is -0.424 e. The van der Waals surface area contributed by atoms with E-state index in [9.17, 15) is 9.18 Å². The van der Waals surface area contributed by atoms with Crippen molar-refractivity contribution < 1.29 is 13.9 Å². The number of H-pyrrole nitrogens is 1. The molecule has 0 aliphatic carbocycles. The summed E-state index contributed by atoms with van der Waals surface area (Å²) in [7, 11) is 0. The highest BCUT2D eigenvalue weighted by atomic mass is 79.9. The molecule has 0 spiro atoms. The fraction of sp³-hybridized carbons (Fsp3) is 0.357. The van der Waals surface area contributed by atoms with Gasteiger partial charge in [-0.25, -0.2) is 4.39 Å². The van der Waals surface area contributed by atoms with Crippen LogP contribution in [0.5, 0.6) is 5.75 Å². The Morgan fingerprint density at radius 3 is 2.68 bits per heavy atom. The van der Waals surface area contributed by atoms with Gasteiger partial charge in [-0.3, -0.25) is 4.79 Å². The van der Waals surface area contributed by atoms with E-state index in [2.05, 4.69) is 20.9 Å². The van der Waals surface area contributed by atoms with Crippen molar-refractivity contribution in [3.8, 4) is 5.75 Å². The number of rotatable bonds is 2. The summed E-state index contributed by atoms with van der Waals surface area (Å²) in [5.41, 5.74) is 0.536. The number of fused-ring (bicyclic) bond motifs is 1. The van der Waals surface area contributed by atoms with E-state index in [0.717, 1.165) is 5.56 Å². The molecule has 1 heterocycles. The summed E-state index contributed by atoms with van der Waals surface area (Å²) in [6.07, 6.45) is 1.51. The first-order valence-electron chi connectivity index (χ1n) is 5.90. The highest BCUT2D eigenvalue weighted by molar-refractivity contribution is 9.08. The Kier molecular flexibility index (Phi) is 3.67. The molecular weight excluding hydrogens is 313 g/mol. The Balaban J connectivity index is 2.45. The lowest BCUT2D eigenvalue weighted by Crippen LogP contribution is -2.25. The predicted molar refractivity (Wildman–Crippen MR) is 76.0 cm³/mol. The maximum absolute atomic E-state index is 13.8. The van der Waals surface area contributed by atoms with Crippen molar-refractivity contribution >= 4 is 32.8 Å². The Hall–Kier alpha value is -1.36. The van der Waals surface area contributed by atoms with E-state index in [0.29, 0.717) is 22.0 Å². The number of ether oxygens (including phenoxy) is 1. The topological polar surface area (TPSA) is 42.1 Å². The van der Waals surface area contributed by atoms with Gasteiger partial charge in [-0.15, -0.1) is 0 Å². The summed E-state index contributed by atoms with van der Waals surface area (Å²) in [6.45, 7) is 5.32. The molecule has 0 saturated heterocycles. The Labute approximate surface area is 119 Å². The van der Waals surface area contributed by atoms with E-state index in [1.807, 2.05) is 0 Å². The van der Waals surface area contributed by atoms with Crippen LogP contribution in [0.3, 0.4) is 0 Å². The lowest BCUT2D eigenvalue weighted by atomic mass is 9.97. The first-order valence-corrected chi connectivity index (χ1v) is 7.03. The number of alkyl halides is 1. The normalized spacial score (nSPS) is 11.8. The first kappa shape index (κ1) is 14.1. The third kappa shape index (κ3) is 2.81. The monoisotopic (exact) mass is 327 g/mol. The van der Waals surface area contributed by atoms with Crippen LogP contribution in [0.4, 0.5) is 4.39 Å². The molecule has 2 rings (SSSR count). The van der Waals surface area contributed by atoms with Crippen molar-refractivity contribution in [3.63, 3.8) is 0 Å². The Bertz CT molecular complexity index is 628. The molecule has 0 atom stereocenters. The molecule has 19 heavy (non-hydrogen) atoms. The zero-order valence-electron chi connectivity index (χ0n) is 11.0. The van der Waals surface area contributed by atoms with Crippen LogP contribution in [0.1, 0.15) is 26.3 Å². The molecule has 5 heteroatoms. The summed E-state index contributed by atoms with van der Waals surface area (Å²) in [5, 5.41) is 1.12. The van der Waals surface area contributed by atoms with Gasteiger partial charge in [-0.1, -0.05) is 15.9 Å². The molecular formula is C14H15BrFNO2. The van der Waals surface area contributed by atoms with Gasteiger partial charge in [0.1, 0.15) is 5.82 Å². The first-order chi connectivity index (χ1) is 8.82. The number of benzene rings is 1. The summed E-state index contributed by atoms with van der Waals surface area (Å²) >= 11 is 3.29. The van der Waals surface area contributed by atoms with E-state index in [1.54, 1.807) is 26.8 Å². The minimum absolute atomic E-state index is 0.349. The number of hydrogen-bond acceptors (Lipinski definition) is 2. The van der Waals surface area contributed by atoms with Gasteiger partial charge in [0.05, 0.1) is 10.9 Å². The van der Waals surface area contributed by atoms with Gasteiger partial charge in [0.2, 0.25) is 0 Å². The molecule has 0 radical (unpaired) electrons. The molecule has 0 aliphatic rings. The third-order valence-electron chi connectivity index (χ3n) is 2.73. The van der Waals surface area contributed by atoms with E-state index >= 15 is 0 Å². The van der Waals surface area contributed by atoms with Crippen LogP contribution >= 0.6 is 15.9 Å². The van der Waals surface area contributed by atoms with Gasteiger partial charge < -0.3 is 9.72 Å². The second-order valence-corrected chi connectivity index (χ2v) is 5.99. The number of nitrogens with one attached hydrogen (secondary N) is 1. The van der Waals surface area contributed by atoms with Crippen LogP contribution < -0.4 is 4.74 Å². The molecule has 0 bridgehead atoms. The third-order valence-corrected chi connectivity index (χ3v) is 3.38. The van der Waals surface area contributed by atoms with Crippen molar-refractivity contribution in [2.24, 2.45) is 5.41 Å². The molecule has 1 N–H and O–H groups in total. The number of carbonyl (C=O) groups is 1. The van der Waals surface area contributed by atoms with Crippen LogP contribution in [0.25, 0.3) is 10.9 Å². The van der Waals surface area contributed by atoms with Crippen molar-refractivity contribution in [1.29, 1.82) is 0 Å². The Morgan fingerprint density at radius 1 is 1.42 bits per heavy atom. The summed E-state index contributed by atoms with van der Waals surface area (Å²) < 4.78 is 19.2. The second-order valence-electron chi connectivity index (χ2n) is 5.43. The van der Waals surface area contributed by atoms with Crippen LogP contribution in [0.15, 0.2) is 18.3 Å². The lowest BCUT2D eigenvalue weighted by Gasteiger charge is -2.15. The number of carbonyl (C=O) groups excluding carboxylic acids is 1. The van der Waals surface area contributed by atoms with Gasteiger partial charge in [-0.05, 0) is 38.5 Å². The SMILES string of the molecule is CC(C)(C)C(=O)Oc1c[nH]c2c(F)cc(CBr)cc12.